The minimum atomic E-state index is -0.254. The van der Waals surface area contributed by atoms with Gasteiger partial charge < -0.3 is 9.47 Å². The van der Waals surface area contributed by atoms with Crippen LogP contribution in [0.5, 0.6) is 11.5 Å². The molecule has 0 unspecified atom stereocenters. The van der Waals surface area contributed by atoms with Crippen LogP contribution in [0.2, 0.25) is 10.0 Å². The quantitative estimate of drug-likeness (QED) is 0.162. The molecule has 2 aromatic carbocycles. The highest BCUT2D eigenvalue weighted by Gasteiger charge is 2.08. The normalized spacial score (nSPS) is 11.0. The second-order valence-electron chi connectivity index (χ2n) is 7.19. The van der Waals surface area contributed by atoms with Crippen molar-refractivity contribution in [1.29, 1.82) is 0 Å². The van der Waals surface area contributed by atoms with Crippen molar-refractivity contribution in [3.05, 3.63) is 75.0 Å². The highest BCUT2D eigenvalue weighted by atomic mass is 35.5. The van der Waals surface area contributed by atoms with Gasteiger partial charge in [0.2, 0.25) is 0 Å². The number of carbonyl (C=O) groups excluding carboxylic acids is 1. The van der Waals surface area contributed by atoms with Crippen molar-refractivity contribution in [1.82, 2.24) is 15.4 Å². The summed E-state index contributed by atoms with van der Waals surface area (Å²) < 4.78 is 11.6. The van der Waals surface area contributed by atoms with Gasteiger partial charge in [0.1, 0.15) is 6.61 Å². The van der Waals surface area contributed by atoms with Crippen LogP contribution in [0.3, 0.4) is 0 Å². The molecule has 0 fully saturated rings. The van der Waals surface area contributed by atoms with Crippen LogP contribution in [-0.4, -0.2) is 34.4 Å². The van der Waals surface area contributed by atoms with Crippen LogP contribution in [0.25, 0.3) is 0 Å². The molecular weight excluding hydrogens is 495 g/mol. The first-order valence-electron chi connectivity index (χ1n) is 10.4. The van der Waals surface area contributed by atoms with Crippen LogP contribution in [0.1, 0.15) is 29.4 Å². The van der Waals surface area contributed by atoms with Gasteiger partial charge in [-0.2, -0.15) is 5.10 Å². The second-order valence-corrected chi connectivity index (χ2v) is 8.95. The van der Waals surface area contributed by atoms with E-state index in [1.165, 1.54) is 11.8 Å². The summed E-state index contributed by atoms with van der Waals surface area (Å²) in [6, 6.07) is 12.6. The maximum absolute atomic E-state index is 12.1. The number of amides is 1. The van der Waals surface area contributed by atoms with E-state index in [1.807, 2.05) is 39.0 Å². The Hall–Kier alpha value is -2.81. The molecule has 1 aromatic heterocycles. The van der Waals surface area contributed by atoms with Gasteiger partial charge >= 0.3 is 0 Å². The third-order valence-corrected chi connectivity index (χ3v) is 5.93. The number of nitrogens with zero attached hydrogens (tertiary/aromatic N) is 3. The summed E-state index contributed by atoms with van der Waals surface area (Å²) in [6.07, 6.45) is 1.54. The molecule has 0 aliphatic carbocycles. The molecule has 7 nitrogen and oxygen atoms in total. The van der Waals surface area contributed by atoms with Gasteiger partial charge in [-0.15, -0.1) is 0 Å². The summed E-state index contributed by atoms with van der Waals surface area (Å²) in [6.45, 7) is 6.45. The number of hydrogen-bond acceptors (Lipinski definition) is 7. The third-order valence-electron chi connectivity index (χ3n) is 4.34. The Bertz CT molecular complexity index is 1170. The molecule has 10 heteroatoms. The van der Waals surface area contributed by atoms with Crippen molar-refractivity contribution in [2.75, 3.05) is 12.4 Å². The molecule has 0 saturated carbocycles. The van der Waals surface area contributed by atoms with Crippen molar-refractivity contribution in [3.63, 3.8) is 0 Å². The van der Waals surface area contributed by atoms with E-state index in [0.717, 1.165) is 22.5 Å². The minimum absolute atomic E-state index is 0.159. The molecule has 0 radical (unpaired) electrons. The first-order chi connectivity index (χ1) is 16.3. The molecule has 1 heterocycles. The van der Waals surface area contributed by atoms with Crippen LogP contribution in [0.15, 0.2) is 52.7 Å². The Morgan fingerprint density at radius 3 is 2.50 bits per heavy atom. The molecule has 3 rings (SSSR count). The summed E-state index contributed by atoms with van der Waals surface area (Å²) in [7, 11) is 0. The largest absolute Gasteiger partial charge is 0.490 e. The van der Waals surface area contributed by atoms with E-state index in [1.54, 1.807) is 30.5 Å². The van der Waals surface area contributed by atoms with E-state index in [2.05, 4.69) is 20.5 Å². The molecular formula is C24H24Cl2N4O3S. The average molecular weight is 519 g/mol. The predicted octanol–water partition coefficient (Wildman–Crippen LogP) is 5.62. The number of benzene rings is 2. The number of rotatable bonds is 10. The van der Waals surface area contributed by atoms with Crippen LogP contribution < -0.4 is 14.9 Å². The molecule has 0 spiro atoms. The van der Waals surface area contributed by atoms with Crippen LogP contribution in [0, 0.1) is 13.8 Å². The SMILES string of the molecule is CCOc1cc(/C=N\NC(=O)CSc2nc(C)cc(C)n2)ccc1OCc1ccc(Cl)c(Cl)c1. The van der Waals surface area contributed by atoms with Gasteiger partial charge in [-0.3, -0.25) is 4.79 Å². The molecule has 0 saturated heterocycles. The van der Waals surface area contributed by atoms with E-state index < -0.39 is 0 Å². The fourth-order valence-electron chi connectivity index (χ4n) is 2.88. The molecule has 0 aliphatic heterocycles. The fraction of sp³-hybridized carbons (Fsp3) is 0.250. The Kier molecular flexibility index (Phi) is 9.56. The Morgan fingerprint density at radius 1 is 1.03 bits per heavy atom. The molecule has 178 valence electrons. The number of hydrazone groups is 1. The lowest BCUT2D eigenvalue weighted by Crippen LogP contribution is -2.19. The number of carbonyl (C=O) groups is 1. The lowest BCUT2D eigenvalue weighted by molar-refractivity contribution is -0.118. The molecule has 34 heavy (non-hydrogen) atoms. The number of nitrogens with one attached hydrogen (secondary N) is 1. The van der Waals surface area contributed by atoms with Crippen molar-refractivity contribution < 1.29 is 14.3 Å². The molecule has 0 atom stereocenters. The van der Waals surface area contributed by atoms with E-state index >= 15 is 0 Å². The van der Waals surface area contributed by atoms with Gasteiger partial charge in [-0.1, -0.05) is 41.0 Å². The van der Waals surface area contributed by atoms with Crippen LogP contribution in [0.4, 0.5) is 0 Å². The van der Waals surface area contributed by atoms with E-state index in [-0.39, 0.29) is 11.7 Å². The zero-order chi connectivity index (χ0) is 24.5. The first-order valence-corrected chi connectivity index (χ1v) is 12.2. The number of halogens is 2. The highest BCUT2D eigenvalue weighted by Crippen LogP contribution is 2.30. The Morgan fingerprint density at radius 2 is 1.79 bits per heavy atom. The maximum atomic E-state index is 12.1. The fourth-order valence-corrected chi connectivity index (χ4v) is 3.94. The van der Waals surface area contributed by atoms with Crippen molar-refractivity contribution in [2.24, 2.45) is 5.10 Å². The van der Waals surface area contributed by atoms with Gasteiger partial charge in [-0.25, -0.2) is 15.4 Å². The van der Waals surface area contributed by atoms with Gasteiger partial charge in [0.25, 0.3) is 5.91 Å². The molecule has 0 aliphatic rings. The van der Waals surface area contributed by atoms with Crippen molar-refractivity contribution in [2.45, 2.75) is 32.5 Å². The summed E-state index contributed by atoms with van der Waals surface area (Å²) in [4.78, 5) is 20.7. The number of aromatic nitrogens is 2. The van der Waals surface area contributed by atoms with E-state index in [9.17, 15) is 4.79 Å². The standard InChI is InChI=1S/C24H24Cl2N4O3S/c1-4-32-22-11-17(6-8-21(22)33-13-18-5-7-19(25)20(26)10-18)12-27-30-23(31)14-34-24-28-15(2)9-16(3)29-24/h5-12H,4,13-14H2,1-3H3,(H,30,31)/b27-12-. The van der Waals surface area contributed by atoms with Crippen molar-refractivity contribution in [3.8, 4) is 11.5 Å². The molecule has 0 bridgehead atoms. The Balaban J connectivity index is 1.56. The summed E-state index contributed by atoms with van der Waals surface area (Å²) in [5.74, 6) is 1.06. The zero-order valence-electron chi connectivity index (χ0n) is 19.0. The predicted molar refractivity (Wildman–Crippen MR) is 136 cm³/mol. The number of thioether (sulfide) groups is 1. The van der Waals surface area contributed by atoms with Gasteiger partial charge in [0.05, 0.1) is 28.6 Å². The minimum Gasteiger partial charge on any atom is -0.490 e. The molecule has 1 amide bonds. The van der Waals surface area contributed by atoms with Crippen LogP contribution >= 0.6 is 35.0 Å². The van der Waals surface area contributed by atoms with Gasteiger partial charge in [0, 0.05) is 11.4 Å². The van der Waals surface area contributed by atoms with Gasteiger partial charge in [0.15, 0.2) is 16.7 Å². The lowest BCUT2D eigenvalue weighted by Gasteiger charge is -2.13. The Labute approximate surface area is 212 Å². The average Bonchev–Trinajstić information content (AvgIpc) is 2.79. The number of ether oxygens (including phenoxy) is 2. The van der Waals surface area contributed by atoms with E-state index in [0.29, 0.717) is 39.9 Å². The third kappa shape index (κ3) is 7.90. The lowest BCUT2D eigenvalue weighted by atomic mass is 10.2. The topological polar surface area (TPSA) is 85.7 Å². The van der Waals surface area contributed by atoms with Crippen LogP contribution in [-0.2, 0) is 11.4 Å². The smallest absolute Gasteiger partial charge is 0.250 e. The first kappa shape index (κ1) is 25.8. The number of hydrogen-bond donors (Lipinski definition) is 1. The molecule has 1 N–H and O–H groups in total. The van der Waals surface area contributed by atoms with Gasteiger partial charge in [-0.05, 0) is 68.3 Å². The monoisotopic (exact) mass is 518 g/mol. The van der Waals surface area contributed by atoms with E-state index in [4.69, 9.17) is 32.7 Å². The second kappa shape index (κ2) is 12.6. The molecule has 3 aromatic rings. The summed E-state index contributed by atoms with van der Waals surface area (Å²) in [5.41, 5.74) is 5.87. The summed E-state index contributed by atoms with van der Waals surface area (Å²) in [5, 5.41) is 5.56. The zero-order valence-corrected chi connectivity index (χ0v) is 21.3. The summed E-state index contributed by atoms with van der Waals surface area (Å²) >= 11 is 13.3. The van der Waals surface area contributed by atoms with Crippen molar-refractivity contribution >= 4 is 47.1 Å². The maximum Gasteiger partial charge on any atom is 0.250 e. The number of aryl methyl sites for hydroxylation is 2. The highest BCUT2D eigenvalue weighted by molar-refractivity contribution is 7.99.